The number of rotatable bonds is 5. The number of aromatic amines is 1. The second-order valence-electron chi connectivity index (χ2n) is 3.03. The van der Waals surface area contributed by atoms with Gasteiger partial charge in [-0.15, -0.1) is 5.21 Å². The van der Waals surface area contributed by atoms with E-state index in [0.717, 1.165) is 11.3 Å². The third kappa shape index (κ3) is 3.00. The summed E-state index contributed by atoms with van der Waals surface area (Å²) in [5.41, 5.74) is 4.61. The molecule has 0 spiro atoms. The third-order valence-electron chi connectivity index (χ3n) is 1.90. The molecule has 0 aliphatic heterocycles. The molecule has 88 valence electrons. The Labute approximate surface area is 97.9 Å². The summed E-state index contributed by atoms with van der Waals surface area (Å²) in [5.74, 6) is 0.956. The fourth-order valence-corrected chi connectivity index (χ4v) is 1.22. The van der Waals surface area contributed by atoms with Crippen LogP contribution in [0, 0.1) is 0 Å². The topological polar surface area (TPSA) is 90.1 Å². The highest BCUT2D eigenvalue weighted by atomic mass is 16.5. The third-order valence-corrected chi connectivity index (χ3v) is 1.90. The van der Waals surface area contributed by atoms with Crippen molar-refractivity contribution in [3.8, 4) is 5.75 Å². The van der Waals surface area contributed by atoms with Crippen LogP contribution < -0.4 is 4.74 Å². The van der Waals surface area contributed by atoms with Gasteiger partial charge in [-0.3, -0.25) is 20.8 Å². The van der Waals surface area contributed by atoms with E-state index in [1.807, 2.05) is 31.2 Å². The first-order chi connectivity index (χ1) is 8.40. The number of ether oxygens (including phenoxy) is 1. The van der Waals surface area contributed by atoms with E-state index >= 15 is 0 Å². The Morgan fingerprint density at radius 3 is 3.12 bits per heavy atom. The molecule has 0 amide bonds. The molecule has 1 aromatic carbocycles. The van der Waals surface area contributed by atoms with Crippen LogP contribution in [-0.2, 0) is 0 Å². The van der Waals surface area contributed by atoms with E-state index in [1.165, 1.54) is 0 Å². The number of benzene rings is 1. The molecular formula is C10H11N6O-. The molecular weight excluding hydrogens is 220 g/mol. The largest absolute Gasteiger partial charge is 0.493 e. The molecule has 1 aromatic heterocycles. The maximum absolute atomic E-state index is 5.44. The van der Waals surface area contributed by atoms with Gasteiger partial charge in [0.15, 0.2) is 0 Å². The van der Waals surface area contributed by atoms with Crippen LogP contribution in [0.5, 0.6) is 5.75 Å². The molecule has 0 atom stereocenters. The Bertz CT molecular complexity index is 481. The summed E-state index contributed by atoms with van der Waals surface area (Å²) in [6.45, 7) is 2.53. The Balaban J connectivity index is 2.04. The number of nitrogens with zero attached hydrogens (tertiary/aromatic N) is 5. The van der Waals surface area contributed by atoms with Gasteiger partial charge in [0, 0.05) is 11.8 Å². The average Bonchev–Trinajstić information content (AvgIpc) is 2.85. The van der Waals surface area contributed by atoms with Crippen molar-refractivity contribution >= 4 is 12.2 Å². The van der Waals surface area contributed by atoms with Gasteiger partial charge in [-0.05, 0) is 19.1 Å². The first kappa shape index (κ1) is 11.1. The molecule has 17 heavy (non-hydrogen) atoms. The van der Waals surface area contributed by atoms with Crippen molar-refractivity contribution < 1.29 is 4.74 Å². The molecule has 7 nitrogen and oxygen atoms in total. The van der Waals surface area contributed by atoms with Gasteiger partial charge >= 0.3 is 0 Å². The summed E-state index contributed by atoms with van der Waals surface area (Å²) in [4.78, 5) is 0. The fraction of sp³-hybridized carbons (Fsp3) is 0.200. The first-order valence-electron chi connectivity index (χ1n) is 5.09. The second-order valence-corrected chi connectivity index (χ2v) is 3.03. The number of tetrazole rings is 1. The van der Waals surface area contributed by atoms with Crippen molar-refractivity contribution in [1.82, 2.24) is 20.6 Å². The SMILES string of the molecule is CCOc1ccccc1/C=N\[N-]c1nn[nH]n1. The van der Waals surface area contributed by atoms with Crippen LogP contribution in [0.2, 0.25) is 0 Å². The van der Waals surface area contributed by atoms with Gasteiger partial charge in [-0.1, -0.05) is 12.1 Å². The van der Waals surface area contributed by atoms with Crippen molar-refractivity contribution in [2.75, 3.05) is 6.61 Å². The zero-order chi connectivity index (χ0) is 11.9. The molecule has 0 radical (unpaired) electrons. The van der Waals surface area contributed by atoms with Crippen LogP contribution in [0.15, 0.2) is 29.4 Å². The number of H-pyrrole nitrogens is 1. The molecule has 1 heterocycles. The fourth-order valence-electron chi connectivity index (χ4n) is 1.22. The predicted octanol–water partition coefficient (Wildman–Crippen LogP) is 1.64. The van der Waals surface area contributed by atoms with Crippen LogP contribution in [-0.4, -0.2) is 33.4 Å². The zero-order valence-corrected chi connectivity index (χ0v) is 9.24. The van der Waals surface area contributed by atoms with Crippen molar-refractivity contribution in [3.05, 3.63) is 35.3 Å². The summed E-state index contributed by atoms with van der Waals surface area (Å²) >= 11 is 0. The maximum Gasteiger partial charge on any atom is 0.128 e. The lowest BCUT2D eigenvalue weighted by Gasteiger charge is -2.06. The van der Waals surface area contributed by atoms with Gasteiger partial charge in [0.2, 0.25) is 0 Å². The van der Waals surface area contributed by atoms with Crippen molar-refractivity contribution in [1.29, 1.82) is 0 Å². The van der Waals surface area contributed by atoms with E-state index in [0.29, 0.717) is 6.61 Å². The molecule has 0 unspecified atom stereocenters. The molecule has 0 saturated heterocycles. The van der Waals surface area contributed by atoms with E-state index < -0.39 is 0 Å². The van der Waals surface area contributed by atoms with Gasteiger partial charge in [0.1, 0.15) is 5.75 Å². The molecule has 0 saturated carbocycles. The molecule has 7 heteroatoms. The van der Waals surface area contributed by atoms with E-state index in [9.17, 15) is 0 Å². The van der Waals surface area contributed by atoms with Crippen LogP contribution in [0.3, 0.4) is 0 Å². The van der Waals surface area contributed by atoms with Gasteiger partial charge in [0.05, 0.1) is 12.6 Å². The average molecular weight is 231 g/mol. The summed E-state index contributed by atoms with van der Waals surface area (Å²) in [5, 5.41) is 16.8. The Kier molecular flexibility index (Phi) is 3.64. The van der Waals surface area contributed by atoms with E-state index in [4.69, 9.17) is 4.74 Å². The quantitative estimate of drug-likeness (QED) is 0.625. The van der Waals surface area contributed by atoms with Gasteiger partial charge in [-0.25, -0.2) is 5.10 Å². The summed E-state index contributed by atoms with van der Waals surface area (Å²) < 4.78 is 5.44. The monoisotopic (exact) mass is 231 g/mol. The minimum absolute atomic E-state index is 0.190. The van der Waals surface area contributed by atoms with E-state index in [-0.39, 0.29) is 5.95 Å². The highest BCUT2D eigenvalue weighted by Crippen LogP contribution is 2.16. The summed E-state index contributed by atoms with van der Waals surface area (Å²) in [7, 11) is 0. The number of para-hydroxylation sites is 1. The lowest BCUT2D eigenvalue weighted by molar-refractivity contribution is 0.340. The van der Waals surface area contributed by atoms with Crippen LogP contribution in [0.25, 0.3) is 5.43 Å². The van der Waals surface area contributed by atoms with E-state index in [1.54, 1.807) is 6.21 Å². The van der Waals surface area contributed by atoms with Crippen molar-refractivity contribution in [2.45, 2.75) is 6.92 Å². The Morgan fingerprint density at radius 2 is 2.35 bits per heavy atom. The Morgan fingerprint density at radius 1 is 1.47 bits per heavy atom. The minimum Gasteiger partial charge on any atom is -0.493 e. The predicted molar refractivity (Wildman–Crippen MR) is 62.4 cm³/mol. The summed E-state index contributed by atoms with van der Waals surface area (Å²) in [6, 6.07) is 7.57. The second kappa shape index (κ2) is 5.59. The molecule has 1 N–H and O–H groups in total. The van der Waals surface area contributed by atoms with Crippen LogP contribution in [0.4, 0.5) is 5.95 Å². The van der Waals surface area contributed by atoms with Gasteiger partial charge in [-0.2, -0.15) is 0 Å². The van der Waals surface area contributed by atoms with E-state index in [2.05, 4.69) is 31.2 Å². The smallest absolute Gasteiger partial charge is 0.128 e. The molecule has 2 aromatic rings. The summed E-state index contributed by atoms with van der Waals surface area (Å²) in [6.07, 6.45) is 1.58. The lowest BCUT2D eigenvalue weighted by Crippen LogP contribution is -1.95. The normalized spacial score (nSPS) is 10.6. The first-order valence-corrected chi connectivity index (χ1v) is 5.09. The molecule has 0 aliphatic carbocycles. The maximum atomic E-state index is 5.44. The molecule has 0 bridgehead atoms. The standard InChI is InChI=1S/C10H11N6O/c1-2-17-9-6-4-3-5-8(9)7-11-12-10-13-15-16-14-10/h3-7H,2H2,1H3,(H-,12,13,14,15,16)/q-1/b11-7-. The van der Waals surface area contributed by atoms with Crippen LogP contribution in [0.1, 0.15) is 12.5 Å². The minimum atomic E-state index is 0.190. The number of aromatic nitrogens is 4. The molecule has 0 fully saturated rings. The number of hydrogen-bond donors (Lipinski definition) is 1. The number of hydrogen-bond acceptors (Lipinski definition) is 5. The van der Waals surface area contributed by atoms with Gasteiger partial charge in [0.25, 0.3) is 0 Å². The number of nitrogens with one attached hydrogen (secondary N) is 1. The van der Waals surface area contributed by atoms with Crippen LogP contribution >= 0.6 is 0 Å². The highest BCUT2D eigenvalue weighted by molar-refractivity contribution is 5.84. The Hall–Kier alpha value is -2.44. The molecule has 0 aliphatic rings. The van der Waals surface area contributed by atoms with Crippen molar-refractivity contribution in [2.24, 2.45) is 5.10 Å². The highest BCUT2D eigenvalue weighted by Gasteiger charge is 1.97. The lowest BCUT2D eigenvalue weighted by atomic mass is 10.2. The zero-order valence-electron chi connectivity index (χ0n) is 9.24. The van der Waals surface area contributed by atoms with Crippen molar-refractivity contribution in [3.63, 3.8) is 0 Å². The molecule has 2 rings (SSSR count). The van der Waals surface area contributed by atoms with Gasteiger partial charge < -0.3 is 4.74 Å².